The Hall–Kier alpha value is -1.81. The van der Waals surface area contributed by atoms with Gasteiger partial charge in [-0.25, -0.2) is 4.79 Å². The molecule has 1 aliphatic rings. The van der Waals surface area contributed by atoms with Crippen LogP contribution in [0.25, 0.3) is 11.0 Å². The predicted molar refractivity (Wildman–Crippen MR) is 81.7 cm³/mol. The third-order valence-electron chi connectivity index (χ3n) is 4.68. The van der Waals surface area contributed by atoms with Crippen molar-refractivity contribution in [3.05, 3.63) is 39.7 Å². The maximum Gasteiger partial charge on any atom is 0.336 e. The van der Waals surface area contributed by atoms with Crippen LogP contribution < -0.4 is 10.5 Å². The number of hydrogen-bond donors (Lipinski definition) is 2. The van der Waals surface area contributed by atoms with Crippen LogP contribution in [0, 0.1) is 6.92 Å². The van der Waals surface area contributed by atoms with Crippen LogP contribution in [0.3, 0.4) is 0 Å². The maximum absolute atomic E-state index is 11.7. The van der Waals surface area contributed by atoms with Gasteiger partial charge in [0.25, 0.3) is 0 Å². The largest absolute Gasteiger partial charge is 0.507 e. The maximum atomic E-state index is 11.7. The molecule has 4 nitrogen and oxygen atoms in total. The quantitative estimate of drug-likeness (QED) is 0.828. The summed E-state index contributed by atoms with van der Waals surface area (Å²) in [5, 5.41) is 11.1. The molecule has 2 atom stereocenters. The second kappa shape index (κ2) is 5.53. The van der Waals surface area contributed by atoms with Crippen LogP contribution in [0.2, 0.25) is 0 Å². The van der Waals surface area contributed by atoms with Crippen molar-refractivity contribution in [3.63, 3.8) is 0 Å². The van der Waals surface area contributed by atoms with Gasteiger partial charge in [-0.05, 0) is 50.8 Å². The molecule has 1 saturated heterocycles. The molecule has 21 heavy (non-hydrogen) atoms. The molecule has 1 aromatic heterocycles. The van der Waals surface area contributed by atoms with Gasteiger partial charge in [-0.15, -0.1) is 0 Å². The smallest absolute Gasteiger partial charge is 0.336 e. The summed E-state index contributed by atoms with van der Waals surface area (Å²) in [6.45, 7) is 5.96. The molecule has 4 heteroatoms. The molecule has 0 aliphatic carbocycles. The summed E-state index contributed by atoms with van der Waals surface area (Å²) >= 11 is 0. The number of aromatic hydroxyl groups is 1. The van der Waals surface area contributed by atoms with Crippen molar-refractivity contribution in [2.45, 2.75) is 45.7 Å². The monoisotopic (exact) mass is 288 g/mol. The van der Waals surface area contributed by atoms with E-state index in [-0.39, 0.29) is 11.4 Å². The number of phenolic OH excluding ortho intramolecular Hbond substituents is 1. The number of quaternary nitrogens is 1. The molecule has 0 spiro atoms. The molecule has 2 N–H and O–H groups in total. The zero-order chi connectivity index (χ0) is 15.0. The van der Waals surface area contributed by atoms with Crippen molar-refractivity contribution >= 4 is 11.0 Å². The number of benzene rings is 1. The number of aryl methyl sites for hydroxylation is 1. The summed E-state index contributed by atoms with van der Waals surface area (Å²) in [4.78, 5) is 13.1. The molecule has 3 rings (SSSR count). The topological polar surface area (TPSA) is 54.9 Å². The Morgan fingerprint density at radius 2 is 2.19 bits per heavy atom. The Bertz CT molecular complexity index is 720. The van der Waals surface area contributed by atoms with Crippen molar-refractivity contribution in [1.82, 2.24) is 0 Å². The first kappa shape index (κ1) is 14.1. The lowest BCUT2D eigenvalue weighted by molar-refractivity contribution is -0.941. The van der Waals surface area contributed by atoms with Gasteiger partial charge in [-0.1, -0.05) is 0 Å². The molecule has 2 unspecified atom stereocenters. The first-order chi connectivity index (χ1) is 10.1. The SMILES string of the molecule is Cc1cc(=O)oc2c(C[NH+]3CCCCC3C)c(O)ccc12. The van der Waals surface area contributed by atoms with Gasteiger partial charge in [0.2, 0.25) is 0 Å². The van der Waals surface area contributed by atoms with Crippen LogP contribution in [-0.4, -0.2) is 17.7 Å². The minimum atomic E-state index is -0.353. The summed E-state index contributed by atoms with van der Waals surface area (Å²) in [6.07, 6.45) is 3.71. The van der Waals surface area contributed by atoms with E-state index in [1.54, 1.807) is 6.07 Å². The fourth-order valence-electron chi connectivity index (χ4n) is 3.34. The van der Waals surface area contributed by atoms with E-state index < -0.39 is 0 Å². The van der Waals surface area contributed by atoms with Crippen LogP contribution in [0.4, 0.5) is 0 Å². The van der Waals surface area contributed by atoms with Crippen molar-refractivity contribution in [2.75, 3.05) is 6.54 Å². The number of likely N-dealkylation sites (tertiary alicyclic amines) is 1. The fraction of sp³-hybridized carbons (Fsp3) is 0.471. The fourth-order valence-corrected chi connectivity index (χ4v) is 3.34. The zero-order valence-corrected chi connectivity index (χ0v) is 12.6. The number of hydrogen-bond acceptors (Lipinski definition) is 3. The summed E-state index contributed by atoms with van der Waals surface area (Å²) in [5.74, 6) is 0.224. The number of phenols is 1. The number of piperidine rings is 1. The van der Waals surface area contributed by atoms with Crippen LogP contribution in [-0.2, 0) is 6.54 Å². The van der Waals surface area contributed by atoms with Gasteiger partial charge in [-0.2, -0.15) is 0 Å². The highest BCUT2D eigenvalue weighted by Crippen LogP contribution is 2.27. The van der Waals surface area contributed by atoms with E-state index in [1.807, 2.05) is 13.0 Å². The summed E-state index contributed by atoms with van der Waals surface area (Å²) in [5.41, 5.74) is 1.85. The van der Waals surface area contributed by atoms with E-state index in [1.165, 1.54) is 30.2 Å². The minimum absolute atomic E-state index is 0.224. The second-order valence-electron chi connectivity index (χ2n) is 6.17. The summed E-state index contributed by atoms with van der Waals surface area (Å²) in [6, 6.07) is 5.60. The lowest BCUT2D eigenvalue weighted by Gasteiger charge is -2.30. The van der Waals surface area contributed by atoms with Crippen LogP contribution in [0.5, 0.6) is 5.75 Å². The molecular formula is C17H22NO3+. The van der Waals surface area contributed by atoms with Gasteiger partial charge in [0.15, 0.2) is 5.58 Å². The number of nitrogens with one attached hydrogen (secondary N) is 1. The standard InChI is InChI=1S/C17H21NO3/c1-11-9-16(20)21-17-13(11)6-7-15(19)14(17)10-18-8-4-3-5-12(18)2/h6-7,9,12,19H,3-5,8,10H2,1-2H3/p+1. The predicted octanol–water partition coefficient (Wildman–Crippen LogP) is 1.76. The Morgan fingerprint density at radius 1 is 1.38 bits per heavy atom. The van der Waals surface area contributed by atoms with Crippen LogP contribution in [0.1, 0.15) is 37.3 Å². The van der Waals surface area contributed by atoms with Crippen LogP contribution in [0.15, 0.2) is 27.4 Å². The average molecular weight is 288 g/mol. The Labute approximate surface area is 124 Å². The first-order valence-electron chi connectivity index (χ1n) is 7.66. The number of rotatable bonds is 2. The Balaban J connectivity index is 2.08. The zero-order valence-electron chi connectivity index (χ0n) is 12.6. The minimum Gasteiger partial charge on any atom is -0.507 e. The normalized spacial score (nSPS) is 22.6. The molecule has 0 bridgehead atoms. The van der Waals surface area contributed by atoms with Crippen molar-refractivity contribution in [3.8, 4) is 5.75 Å². The highest BCUT2D eigenvalue weighted by molar-refractivity contribution is 5.84. The summed E-state index contributed by atoms with van der Waals surface area (Å²) in [7, 11) is 0. The summed E-state index contributed by atoms with van der Waals surface area (Å²) < 4.78 is 5.40. The number of fused-ring (bicyclic) bond motifs is 1. The highest BCUT2D eigenvalue weighted by atomic mass is 16.4. The average Bonchev–Trinajstić information content (AvgIpc) is 2.44. The van der Waals surface area contributed by atoms with Gasteiger partial charge in [0.05, 0.1) is 18.2 Å². The molecule has 1 aromatic carbocycles. The van der Waals surface area contributed by atoms with Gasteiger partial charge in [0, 0.05) is 11.5 Å². The molecule has 0 amide bonds. The third-order valence-corrected chi connectivity index (χ3v) is 4.68. The van der Waals surface area contributed by atoms with E-state index in [2.05, 4.69) is 6.92 Å². The third kappa shape index (κ3) is 2.68. The van der Waals surface area contributed by atoms with E-state index in [0.29, 0.717) is 18.2 Å². The lowest BCUT2D eigenvalue weighted by Crippen LogP contribution is -3.14. The van der Waals surface area contributed by atoms with Gasteiger partial charge < -0.3 is 14.4 Å². The molecule has 0 saturated carbocycles. The van der Waals surface area contributed by atoms with Crippen LogP contribution >= 0.6 is 0 Å². The Kier molecular flexibility index (Phi) is 3.72. The van der Waals surface area contributed by atoms with Gasteiger partial charge in [0.1, 0.15) is 12.3 Å². The van der Waals surface area contributed by atoms with E-state index in [9.17, 15) is 9.90 Å². The second-order valence-corrected chi connectivity index (χ2v) is 6.17. The molecule has 2 aromatic rings. The van der Waals surface area contributed by atoms with Crippen molar-refractivity contribution < 1.29 is 14.4 Å². The van der Waals surface area contributed by atoms with E-state index in [4.69, 9.17) is 4.42 Å². The lowest BCUT2D eigenvalue weighted by atomic mass is 10.0. The molecule has 0 radical (unpaired) electrons. The van der Waals surface area contributed by atoms with Gasteiger partial charge >= 0.3 is 5.63 Å². The van der Waals surface area contributed by atoms with Crippen molar-refractivity contribution in [2.24, 2.45) is 0 Å². The molecule has 112 valence electrons. The van der Waals surface area contributed by atoms with Gasteiger partial charge in [-0.3, -0.25) is 0 Å². The van der Waals surface area contributed by atoms with E-state index >= 15 is 0 Å². The van der Waals surface area contributed by atoms with Crippen molar-refractivity contribution in [1.29, 1.82) is 0 Å². The molecular weight excluding hydrogens is 266 g/mol. The molecule has 1 aliphatic heterocycles. The van der Waals surface area contributed by atoms with E-state index in [0.717, 1.165) is 23.1 Å². The Morgan fingerprint density at radius 3 is 2.95 bits per heavy atom. The molecule has 1 fully saturated rings. The molecule has 2 heterocycles. The first-order valence-corrected chi connectivity index (χ1v) is 7.66. The highest BCUT2D eigenvalue weighted by Gasteiger charge is 2.25.